The van der Waals surface area contributed by atoms with Gasteiger partial charge in [-0.05, 0) is 37.9 Å². The number of hydrogen-bond donors (Lipinski definition) is 1. The van der Waals surface area contributed by atoms with Crippen molar-refractivity contribution in [3.63, 3.8) is 0 Å². The zero-order valence-electron chi connectivity index (χ0n) is 10.4. The smallest absolute Gasteiger partial charge is 0.128 e. The maximum atomic E-state index is 4.55. The molecular weight excluding hydrogens is 198 g/mol. The molecule has 3 nitrogen and oxygen atoms in total. The van der Waals surface area contributed by atoms with Gasteiger partial charge in [0.15, 0.2) is 0 Å². The molecule has 0 saturated carbocycles. The normalized spacial score (nSPS) is 22.4. The maximum absolute atomic E-state index is 4.55. The molecule has 0 amide bonds. The lowest BCUT2D eigenvalue weighted by Gasteiger charge is -2.18. The molecule has 1 fully saturated rings. The van der Waals surface area contributed by atoms with Crippen LogP contribution in [0.3, 0.4) is 0 Å². The molecule has 0 aliphatic carbocycles. The standard InChI is InChI=1S/C13H21N3/c1-10-6-7-16(9-10)13-5-4-12(8-15-13)11(2)14-3/h4-5,8,10-11,14H,6-7,9H2,1-3H3. The highest BCUT2D eigenvalue weighted by atomic mass is 15.2. The van der Waals surface area contributed by atoms with Crippen LogP contribution in [-0.4, -0.2) is 25.1 Å². The van der Waals surface area contributed by atoms with Crippen molar-refractivity contribution in [1.82, 2.24) is 10.3 Å². The summed E-state index contributed by atoms with van der Waals surface area (Å²) >= 11 is 0. The number of nitrogens with one attached hydrogen (secondary N) is 1. The van der Waals surface area contributed by atoms with Crippen LogP contribution < -0.4 is 10.2 Å². The molecule has 0 bridgehead atoms. The van der Waals surface area contributed by atoms with Crippen LogP contribution in [0.4, 0.5) is 5.82 Å². The molecule has 2 unspecified atom stereocenters. The van der Waals surface area contributed by atoms with Gasteiger partial charge >= 0.3 is 0 Å². The first-order valence-corrected chi connectivity index (χ1v) is 6.09. The molecule has 88 valence electrons. The predicted molar refractivity (Wildman–Crippen MR) is 67.7 cm³/mol. The maximum Gasteiger partial charge on any atom is 0.128 e. The second-order valence-corrected chi connectivity index (χ2v) is 4.80. The molecule has 0 spiro atoms. The molecule has 2 heterocycles. The fourth-order valence-electron chi connectivity index (χ4n) is 2.15. The average molecular weight is 219 g/mol. The van der Waals surface area contributed by atoms with Gasteiger partial charge < -0.3 is 10.2 Å². The van der Waals surface area contributed by atoms with Gasteiger partial charge in [-0.3, -0.25) is 0 Å². The highest BCUT2D eigenvalue weighted by molar-refractivity contribution is 5.40. The number of rotatable bonds is 3. The molecule has 1 aromatic rings. The average Bonchev–Trinajstić information content (AvgIpc) is 2.75. The number of aromatic nitrogens is 1. The third-order valence-electron chi connectivity index (χ3n) is 3.45. The van der Waals surface area contributed by atoms with E-state index in [4.69, 9.17) is 0 Å². The lowest BCUT2D eigenvalue weighted by molar-refractivity contribution is 0.648. The van der Waals surface area contributed by atoms with Crippen LogP contribution >= 0.6 is 0 Å². The van der Waals surface area contributed by atoms with Gasteiger partial charge in [-0.25, -0.2) is 4.98 Å². The van der Waals surface area contributed by atoms with Crippen LogP contribution in [0.1, 0.15) is 31.9 Å². The van der Waals surface area contributed by atoms with Gasteiger partial charge in [-0.2, -0.15) is 0 Å². The summed E-state index contributed by atoms with van der Waals surface area (Å²) < 4.78 is 0. The Morgan fingerprint density at radius 1 is 1.50 bits per heavy atom. The van der Waals surface area contributed by atoms with Gasteiger partial charge in [0.2, 0.25) is 0 Å². The first-order valence-electron chi connectivity index (χ1n) is 6.09. The molecule has 3 heteroatoms. The van der Waals surface area contributed by atoms with Gasteiger partial charge in [0.1, 0.15) is 5.82 Å². The molecule has 2 rings (SSSR count). The Bertz CT molecular complexity index is 334. The Kier molecular flexibility index (Phi) is 3.44. The van der Waals surface area contributed by atoms with E-state index in [9.17, 15) is 0 Å². The molecule has 1 aliphatic heterocycles. The van der Waals surface area contributed by atoms with Crippen molar-refractivity contribution in [1.29, 1.82) is 0 Å². The van der Waals surface area contributed by atoms with Crippen molar-refractivity contribution >= 4 is 5.82 Å². The Morgan fingerprint density at radius 2 is 2.31 bits per heavy atom. The summed E-state index contributed by atoms with van der Waals surface area (Å²) in [7, 11) is 1.97. The molecule has 1 N–H and O–H groups in total. The Balaban J connectivity index is 2.07. The van der Waals surface area contributed by atoms with Gasteiger partial charge in [0, 0.05) is 25.3 Å². The first-order chi connectivity index (χ1) is 7.70. The third-order valence-corrected chi connectivity index (χ3v) is 3.45. The molecule has 1 aliphatic rings. The largest absolute Gasteiger partial charge is 0.356 e. The highest BCUT2D eigenvalue weighted by Crippen LogP contribution is 2.22. The minimum Gasteiger partial charge on any atom is -0.356 e. The van der Waals surface area contributed by atoms with Gasteiger partial charge in [-0.15, -0.1) is 0 Å². The SMILES string of the molecule is CNC(C)c1ccc(N2CCC(C)C2)nc1. The molecule has 16 heavy (non-hydrogen) atoms. The third kappa shape index (κ3) is 2.35. The van der Waals surface area contributed by atoms with Crippen LogP contribution in [-0.2, 0) is 0 Å². The van der Waals surface area contributed by atoms with E-state index in [0.29, 0.717) is 6.04 Å². The van der Waals surface area contributed by atoms with Gasteiger partial charge in [-0.1, -0.05) is 13.0 Å². The van der Waals surface area contributed by atoms with E-state index in [1.165, 1.54) is 12.0 Å². The summed E-state index contributed by atoms with van der Waals surface area (Å²) in [5, 5.41) is 3.22. The Labute approximate surface area is 97.9 Å². The van der Waals surface area contributed by atoms with Crippen LogP contribution in [0.25, 0.3) is 0 Å². The quantitative estimate of drug-likeness (QED) is 0.845. The minimum atomic E-state index is 0.374. The van der Waals surface area contributed by atoms with Crippen LogP contribution in [0.15, 0.2) is 18.3 Å². The topological polar surface area (TPSA) is 28.2 Å². The van der Waals surface area contributed by atoms with Crippen LogP contribution in [0, 0.1) is 5.92 Å². The van der Waals surface area contributed by atoms with Crippen LogP contribution in [0.5, 0.6) is 0 Å². The van der Waals surface area contributed by atoms with Gasteiger partial charge in [0.25, 0.3) is 0 Å². The Hall–Kier alpha value is -1.09. The predicted octanol–water partition coefficient (Wildman–Crippen LogP) is 2.21. The molecule has 1 saturated heterocycles. The molecule has 2 atom stereocenters. The lowest BCUT2D eigenvalue weighted by atomic mass is 10.1. The Morgan fingerprint density at radius 3 is 2.81 bits per heavy atom. The number of nitrogens with zero attached hydrogens (tertiary/aromatic N) is 2. The molecule has 0 radical (unpaired) electrons. The summed E-state index contributed by atoms with van der Waals surface area (Å²) in [5.74, 6) is 1.93. The second-order valence-electron chi connectivity index (χ2n) is 4.80. The fourth-order valence-corrected chi connectivity index (χ4v) is 2.15. The van der Waals surface area contributed by atoms with E-state index in [1.807, 2.05) is 13.2 Å². The highest BCUT2D eigenvalue weighted by Gasteiger charge is 2.19. The van der Waals surface area contributed by atoms with E-state index < -0.39 is 0 Å². The summed E-state index contributed by atoms with van der Waals surface area (Å²) in [5.41, 5.74) is 1.25. The number of hydrogen-bond acceptors (Lipinski definition) is 3. The zero-order chi connectivity index (χ0) is 11.5. The van der Waals surface area contributed by atoms with E-state index in [-0.39, 0.29) is 0 Å². The van der Waals surface area contributed by atoms with Gasteiger partial charge in [0.05, 0.1) is 0 Å². The first kappa shape index (κ1) is 11.4. The van der Waals surface area contributed by atoms with Crippen molar-refractivity contribution in [3.05, 3.63) is 23.9 Å². The number of anilines is 1. The molecular formula is C13H21N3. The monoisotopic (exact) mass is 219 g/mol. The van der Waals surface area contributed by atoms with Crippen LogP contribution in [0.2, 0.25) is 0 Å². The number of pyridine rings is 1. The van der Waals surface area contributed by atoms with Crippen molar-refractivity contribution in [2.24, 2.45) is 5.92 Å². The summed E-state index contributed by atoms with van der Waals surface area (Å²) in [4.78, 5) is 6.92. The summed E-state index contributed by atoms with van der Waals surface area (Å²) in [6.45, 7) is 6.75. The second kappa shape index (κ2) is 4.83. The van der Waals surface area contributed by atoms with Crippen molar-refractivity contribution in [3.8, 4) is 0 Å². The fraction of sp³-hybridized carbons (Fsp3) is 0.615. The lowest BCUT2D eigenvalue weighted by Crippen LogP contribution is -2.20. The van der Waals surface area contributed by atoms with E-state index in [0.717, 1.165) is 24.8 Å². The van der Waals surface area contributed by atoms with Crippen molar-refractivity contribution in [2.75, 3.05) is 25.0 Å². The van der Waals surface area contributed by atoms with E-state index >= 15 is 0 Å². The zero-order valence-corrected chi connectivity index (χ0v) is 10.4. The summed E-state index contributed by atoms with van der Waals surface area (Å²) in [6.07, 6.45) is 3.27. The minimum absolute atomic E-state index is 0.374. The van der Waals surface area contributed by atoms with Crippen molar-refractivity contribution in [2.45, 2.75) is 26.3 Å². The summed E-state index contributed by atoms with van der Waals surface area (Å²) in [6, 6.07) is 4.69. The van der Waals surface area contributed by atoms with E-state index in [1.54, 1.807) is 0 Å². The molecule has 0 aromatic carbocycles. The van der Waals surface area contributed by atoms with Crippen molar-refractivity contribution < 1.29 is 0 Å². The van der Waals surface area contributed by atoms with E-state index in [2.05, 4.69) is 41.2 Å². The molecule has 1 aromatic heterocycles.